The third kappa shape index (κ3) is 9.86. The summed E-state index contributed by atoms with van der Waals surface area (Å²) in [6, 6.07) is -0.828. The molecule has 0 radical (unpaired) electrons. The molecule has 7 heteroatoms. The number of carbonyl (C=O) groups is 2. The Morgan fingerprint density at radius 2 is 2.00 bits per heavy atom. The lowest BCUT2D eigenvalue weighted by molar-refractivity contribution is -0.138. The van der Waals surface area contributed by atoms with Gasteiger partial charge in [0.15, 0.2) is 0 Å². The van der Waals surface area contributed by atoms with E-state index < -0.39 is 18.1 Å². The molecule has 0 spiro atoms. The molecule has 0 fully saturated rings. The van der Waals surface area contributed by atoms with Crippen LogP contribution in [0.15, 0.2) is 0 Å². The zero-order valence-electron chi connectivity index (χ0n) is 10.7. The predicted octanol–water partition coefficient (Wildman–Crippen LogP) is 0.331. The van der Waals surface area contributed by atoms with Gasteiger partial charge >= 0.3 is 12.1 Å². The van der Waals surface area contributed by atoms with Crippen molar-refractivity contribution in [1.82, 2.24) is 5.32 Å². The first-order chi connectivity index (χ1) is 8.57. The molecule has 4 N–H and O–H groups in total. The van der Waals surface area contributed by atoms with E-state index in [2.05, 4.69) is 5.32 Å². The van der Waals surface area contributed by atoms with Gasteiger partial charge in [0.2, 0.25) is 0 Å². The summed E-state index contributed by atoms with van der Waals surface area (Å²) >= 11 is 0. The van der Waals surface area contributed by atoms with Crippen molar-refractivity contribution in [3.05, 3.63) is 0 Å². The van der Waals surface area contributed by atoms with Crippen LogP contribution in [0.25, 0.3) is 0 Å². The van der Waals surface area contributed by atoms with E-state index in [-0.39, 0.29) is 0 Å². The molecule has 0 aliphatic carbocycles. The molecule has 0 aromatic heterocycles. The predicted molar refractivity (Wildman–Crippen MR) is 65.3 cm³/mol. The molecule has 0 heterocycles. The van der Waals surface area contributed by atoms with Gasteiger partial charge in [-0.25, -0.2) is 4.79 Å². The van der Waals surface area contributed by atoms with Gasteiger partial charge in [-0.05, 0) is 19.3 Å². The van der Waals surface area contributed by atoms with Crippen LogP contribution in [-0.4, -0.2) is 50.1 Å². The number of aliphatic carboxylic acids is 1. The van der Waals surface area contributed by atoms with Gasteiger partial charge in [0, 0.05) is 26.7 Å². The van der Waals surface area contributed by atoms with Crippen molar-refractivity contribution in [2.45, 2.75) is 31.7 Å². The van der Waals surface area contributed by atoms with Gasteiger partial charge in [-0.1, -0.05) is 0 Å². The highest BCUT2D eigenvalue weighted by Crippen LogP contribution is 1.98. The first-order valence-electron chi connectivity index (χ1n) is 5.96. The SMILES string of the molecule is COCCCOC(=O)NCCCC[C@H](N)C(=O)O. The highest BCUT2D eigenvalue weighted by atomic mass is 16.5. The standard InChI is InChI=1S/C11H22N2O5/c1-17-7-4-8-18-11(16)13-6-3-2-5-9(12)10(14)15/h9H,2-8,12H2,1H3,(H,13,16)(H,14,15)/t9-/m0/s1. The van der Waals surface area contributed by atoms with E-state index in [1.807, 2.05) is 0 Å². The average molecular weight is 262 g/mol. The molecule has 0 unspecified atom stereocenters. The normalized spacial score (nSPS) is 11.9. The number of carbonyl (C=O) groups excluding carboxylic acids is 1. The van der Waals surface area contributed by atoms with Crippen molar-refractivity contribution in [2.75, 3.05) is 26.9 Å². The van der Waals surface area contributed by atoms with Gasteiger partial charge in [0.05, 0.1) is 6.61 Å². The maximum Gasteiger partial charge on any atom is 0.407 e. The van der Waals surface area contributed by atoms with E-state index in [1.165, 1.54) is 0 Å². The Morgan fingerprint density at radius 1 is 1.28 bits per heavy atom. The lowest BCUT2D eigenvalue weighted by Gasteiger charge is -2.08. The largest absolute Gasteiger partial charge is 0.480 e. The second-order valence-electron chi connectivity index (χ2n) is 3.85. The van der Waals surface area contributed by atoms with E-state index in [0.29, 0.717) is 45.4 Å². The molecule has 18 heavy (non-hydrogen) atoms. The van der Waals surface area contributed by atoms with E-state index >= 15 is 0 Å². The summed E-state index contributed by atoms with van der Waals surface area (Å²) in [5, 5.41) is 11.1. The molecule has 1 amide bonds. The minimum Gasteiger partial charge on any atom is -0.480 e. The number of nitrogens with one attached hydrogen (secondary N) is 1. The second kappa shape index (κ2) is 10.8. The van der Waals surface area contributed by atoms with Gasteiger partial charge < -0.3 is 25.6 Å². The Kier molecular flexibility index (Phi) is 9.99. The highest BCUT2D eigenvalue weighted by molar-refractivity contribution is 5.72. The van der Waals surface area contributed by atoms with Gasteiger partial charge in [-0.2, -0.15) is 0 Å². The first-order valence-corrected chi connectivity index (χ1v) is 5.96. The third-order valence-electron chi connectivity index (χ3n) is 2.25. The Morgan fingerprint density at radius 3 is 2.61 bits per heavy atom. The summed E-state index contributed by atoms with van der Waals surface area (Å²) in [6.07, 6.45) is 1.93. The highest BCUT2D eigenvalue weighted by Gasteiger charge is 2.10. The van der Waals surface area contributed by atoms with E-state index in [0.717, 1.165) is 0 Å². The van der Waals surface area contributed by atoms with E-state index in [4.69, 9.17) is 20.3 Å². The fraction of sp³-hybridized carbons (Fsp3) is 0.818. The Labute approximate surface area is 107 Å². The Hall–Kier alpha value is -1.34. The number of ether oxygens (including phenoxy) is 2. The number of hydrogen-bond donors (Lipinski definition) is 3. The fourth-order valence-electron chi connectivity index (χ4n) is 1.22. The van der Waals surface area contributed by atoms with Crippen LogP contribution in [0.4, 0.5) is 4.79 Å². The third-order valence-corrected chi connectivity index (χ3v) is 2.25. The molecule has 0 aliphatic rings. The van der Waals surface area contributed by atoms with Crippen LogP contribution in [0.5, 0.6) is 0 Å². The summed E-state index contributed by atoms with van der Waals surface area (Å²) in [6.45, 7) is 1.33. The molecular formula is C11H22N2O5. The number of methoxy groups -OCH3 is 1. The van der Waals surface area contributed by atoms with Gasteiger partial charge in [-0.15, -0.1) is 0 Å². The summed E-state index contributed by atoms with van der Waals surface area (Å²) in [4.78, 5) is 21.5. The number of nitrogens with two attached hydrogens (primary N) is 1. The topological polar surface area (TPSA) is 111 Å². The van der Waals surface area contributed by atoms with Crippen molar-refractivity contribution in [3.8, 4) is 0 Å². The average Bonchev–Trinajstić information content (AvgIpc) is 2.33. The van der Waals surface area contributed by atoms with Crippen LogP contribution >= 0.6 is 0 Å². The summed E-state index contributed by atoms with van der Waals surface area (Å²) in [5.74, 6) is -1.000. The number of carboxylic acid groups (broad SMARTS) is 1. The summed E-state index contributed by atoms with van der Waals surface area (Å²) < 4.78 is 9.67. The van der Waals surface area contributed by atoms with Gasteiger partial charge in [-0.3, -0.25) is 4.79 Å². The molecule has 0 aliphatic heterocycles. The monoisotopic (exact) mass is 262 g/mol. The molecular weight excluding hydrogens is 240 g/mol. The maximum atomic E-state index is 11.1. The second-order valence-corrected chi connectivity index (χ2v) is 3.85. The van der Waals surface area contributed by atoms with Gasteiger partial charge in [0.25, 0.3) is 0 Å². The van der Waals surface area contributed by atoms with E-state index in [1.54, 1.807) is 7.11 Å². The zero-order valence-corrected chi connectivity index (χ0v) is 10.7. The number of alkyl carbamates (subject to hydrolysis) is 1. The number of hydrogen-bond acceptors (Lipinski definition) is 5. The summed E-state index contributed by atoms with van der Waals surface area (Å²) in [5.41, 5.74) is 5.33. The van der Waals surface area contributed by atoms with Crippen molar-refractivity contribution in [2.24, 2.45) is 5.73 Å². The molecule has 106 valence electrons. The van der Waals surface area contributed by atoms with Crippen molar-refractivity contribution in [3.63, 3.8) is 0 Å². The quantitative estimate of drug-likeness (QED) is 0.489. The van der Waals surface area contributed by atoms with Crippen LogP contribution in [-0.2, 0) is 14.3 Å². The Bertz CT molecular complexity index is 248. The minimum atomic E-state index is -1.000. The van der Waals surface area contributed by atoms with Crippen molar-refractivity contribution < 1.29 is 24.2 Å². The number of unbranched alkanes of at least 4 members (excludes halogenated alkanes) is 1. The first kappa shape index (κ1) is 16.7. The molecule has 0 saturated heterocycles. The molecule has 1 atom stereocenters. The lowest BCUT2D eigenvalue weighted by atomic mass is 10.1. The molecule has 0 aromatic rings. The van der Waals surface area contributed by atoms with Crippen LogP contribution in [0, 0.1) is 0 Å². The zero-order chi connectivity index (χ0) is 13.8. The van der Waals surface area contributed by atoms with Crippen LogP contribution in [0.1, 0.15) is 25.7 Å². The molecule has 0 saturated carbocycles. The molecule has 7 nitrogen and oxygen atoms in total. The number of rotatable bonds is 10. The molecule has 0 rings (SSSR count). The van der Waals surface area contributed by atoms with Gasteiger partial charge in [0.1, 0.15) is 6.04 Å². The number of carboxylic acids is 1. The lowest BCUT2D eigenvalue weighted by Crippen LogP contribution is -2.30. The van der Waals surface area contributed by atoms with Crippen LogP contribution in [0.3, 0.4) is 0 Å². The summed E-state index contributed by atoms with van der Waals surface area (Å²) in [7, 11) is 1.59. The van der Waals surface area contributed by atoms with E-state index in [9.17, 15) is 9.59 Å². The van der Waals surface area contributed by atoms with Crippen molar-refractivity contribution >= 4 is 12.1 Å². The Balaban J connectivity index is 3.32. The smallest absolute Gasteiger partial charge is 0.407 e. The van der Waals surface area contributed by atoms with Crippen LogP contribution in [0.2, 0.25) is 0 Å². The minimum absolute atomic E-state index is 0.323. The van der Waals surface area contributed by atoms with Crippen molar-refractivity contribution in [1.29, 1.82) is 0 Å². The number of amides is 1. The molecule has 0 aromatic carbocycles. The fourth-order valence-corrected chi connectivity index (χ4v) is 1.22. The maximum absolute atomic E-state index is 11.1. The molecule has 0 bridgehead atoms. The van der Waals surface area contributed by atoms with Crippen LogP contribution < -0.4 is 11.1 Å².